The summed E-state index contributed by atoms with van der Waals surface area (Å²) in [6, 6.07) is 17.8. The molecule has 150 valence electrons. The third kappa shape index (κ3) is 4.65. The number of nitrogens with zero attached hydrogens (tertiary/aromatic N) is 3. The smallest absolute Gasteiger partial charge is 0.233 e. The summed E-state index contributed by atoms with van der Waals surface area (Å²) in [6.07, 6.45) is 4.53. The lowest BCUT2D eigenvalue weighted by molar-refractivity contribution is -0.120. The number of carbonyl (C=O) groups excluding carboxylic acids is 1. The molecular weight excluding hydrogens is 404 g/mol. The van der Waals surface area contributed by atoms with Crippen molar-refractivity contribution >= 4 is 29.3 Å². The molecule has 0 saturated heterocycles. The Balaban J connectivity index is 1.63. The summed E-state index contributed by atoms with van der Waals surface area (Å²) < 4.78 is 1.98. The molecule has 1 heterocycles. The van der Waals surface area contributed by atoms with Crippen LogP contribution in [0.4, 0.5) is 0 Å². The predicted octanol–water partition coefficient (Wildman–Crippen LogP) is 5.13. The van der Waals surface area contributed by atoms with Gasteiger partial charge in [-0.05, 0) is 44.0 Å². The lowest BCUT2D eigenvalue weighted by atomic mass is 10.2. The summed E-state index contributed by atoms with van der Waals surface area (Å²) in [7, 11) is 0. The number of halogens is 1. The van der Waals surface area contributed by atoms with Crippen molar-refractivity contribution < 1.29 is 4.79 Å². The molecule has 5 nitrogen and oxygen atoms in total. The third-order valence-electron chi connectivity index (χ3n) is 5.10. The van der Waals surface area contributed by atoms with Crippen LogP contribution in [0.25, 0.3) is 17.1 Å². The fourth-order valence-electron chi connectivity index (χ4n) is 3.54. The molecule has 0 bridgehead atoms. The Labute approximate surface area is 179 Å². The Morgan fingerprint density at radius 2 is 1.79 bits per heavy atom. The zero-order valence-corrected chi connectivity index (χ0v) is 17.8. The highest BCUT2D eigenvalue weighted by Crippen LogP contribution is 2.31. The van der Waals surface area contributed by atoms with Crippen LogP contribution < -0.4 is 5.32 Å². The van der Waals surface area contributed by atoms with Crippen LogP contribution in [0.2, 0.25) is 5.02 Å². The van der Waals surface area contributed by atoms with Crippen molar-refractivity contribution in [2.24, 2.45) is 0 Å². The molecule has 1 unspecified atom stereocenters. The van der Waals surface area contributed by atoms with Crippen LogP contribution in [0.15, 0.2) is 59.8 Å². The minimum atomic E-state index is -0.269. The molecule has 1 fully saturated rings. The molecule has 2 aromatic carbocycles. The van der Waals surface area contributed by atoms with Gasteiger partial charge in [0, 0.05) is 22.3 Å². The Hall–Kier alpha value is -2.31. The first-order valence-electron chi connectivity index (χ1n) is 9.85. The average Bonchev–Trinajstić information content (AvgIpc) is 3.39. The second kappa shape index (κ2) is 9.01. The van der Waals surface area contributed by atoms with Crippen molar-refractivity contribution in [3.8, 4) is 17.1 Å². The van der Waals surface area contributed by atoms with Gasteiger partial charge in [0.25, 0.3) is 0 Å². The second-order valence-corrected chi connectivity index (χ2v) is 8.98. The molecule has 1 aromatic heterocycles. The number of benzene rings is 2. The standard InChI is InChI=1S/C22H23ClN4OS/c1-15(21(28)24-18-9-5-6-10-18)29-22-26-25-20(16-7-3-2-4-8-16)27(22)19-13-11-17(23)12-14-19/h2-4,7-8,11-15,18H,5-6,9-10H2,1H3,(H,24,28). The number of carbonyl (C=O) groups is 1. The van der Waals surface area contributed by atoms with Crippen LogP contribution in [0, 0.1) is 0 Å². The normalized spacial score (nSPS) is 15.4. The lowest BCUT2D eigenvalue weighted by Crippen LogP contribution is -2.37. The largest absolute Gasteiger partial charge is 0.352 e. The van der Waals surface area contributed by atoms with Crippen LogP contribution in [0.1, 0.15) is 32.6 Å². The SMILES string of the molecule is CC(Sc1nnc(-c2ccccc2)n1-c1ccc(Cl)cc1)C(=O)NC1CCCC1. The summed E-state index contributed by atoms with van der Waals surface area (Å²) >= 11 is 7.50. The van der Waals surface area contributed by atoms with E-state index in [4.69, 9.17) is 11.6 Å². The van der Waals surface area contributed by atoms with Gasteiger partial charge in [-0.1, -0.05) is 66.5 Å². The van der Waals surface area contributed by atoms with Gasteiger partial charge in [0.1, 0.15) is 0 Å². The monoisotopic (exact) mass is 426 g/mol. The lowest BCUT2D eigenvalue weighted by Gasteiger charge is -2.17. The van der Waals surface area contributed by atoms with E-state index in [-0.39, 0.29) is 11.2 Å². The number of hydrogen-bond donors (Lipinski definition) is 1. The van der Waals surface area contributed by atoms with Gasteiger partial charge in [-0.15, -0.1) is 10.2 Å². The number of aromatic nitrogens is 3. The number of thioether (sulfide) groups is 1. The zero-order valence-electron chi connectivity index (χ0n) is 16.2. The Morgan fingerprint density at radius 1 is 1.10 bits per heavy atom. The summed E-state index contributed by atoms with van der Waals surface area (Å²) in [4.78, 5) is 12.7. The fraction of sp³-hybridized carbons (Fsp3) is 0.318. The maximum absolute atomic E-state index is 12.7. The van der Waals surface area contributed by atoms with E-state index in [1.807, 2.05) is 66.1 Å². The van der Waals surface area contributed by atoms with Gasteiger partial charge in [-0.2, -0.15) is 0 Å². The maximum atomic E-state index is 12.7. The van der Waals surface area contributed by atoms with E-state index in [1.165, 1.54) is 24.6 Å². The Morgan fingerprint density at radius 3 is 2.48 bits per heavy atom. The molecule has 1 aliphatic rings. The van der Waals surface area contributed by atoms with Gasteiger partial charge < -0.3 is 5.32 Å². The third-order valence-corrected chi connectivity index (χ3v) is 6.40. The van der Waals surface area contributed by atoms with Crippen molar-refractivity contribution in [2.75, 3.05) is 0 Å². The van der Waals surface area contributed by atoms with Crippen LogP contribution in [-0.2, 0) is 4.79 Å². The van der Waals surface area contributed by atoms with Crippen LogP contribution in [0.5, 0.6) is 0 Å². The van der Waals surface area contributed by atoms with Gasteiger partial charge in [0.05, 0.1) is 5.25 Å². The highest BCUT2D eigenvalue weighted by molar-refractivity contribution is 8.00. The topological polar surface area (TPSA) is 59.8 Å². The molecule has 29 heavy (non-hydrogen) atoms. The number of nitrogens with one attached hydrogen (secondary N) is 1. The molecule has 1 atom stereocenters. The molecule has 1 N–H and O–H groups in total. The van der Waals surface area contributed by atoms with E-state index >= 15 is 0 Å². The molecule has 0 spiro atoms. The first-order valence-corrected chi connectivity index (χ1v) is 11.1. The molecule has 1 amide bonds. The quantitative estimate of drug-likeness (QED) is 0.555. The first-order chi connectivity index (χ1) is 14.1. The van der Waals surface area contributed by atoms with Crippen molar-refractivity contribution in [1.29, 1.82) is 0 Å². The number of rotatable bonds is 6. The number of amides is 1. The fourth-order valence-corrected chi connectivity index (χ4v) is 4.55. The summed E-state index contributed by atoms with van der Waals surface area (Å²) in [5.41, 5.74) is 1.87. The minimum Gasteiger partial charge on any atom is -0.352 e. The van der Waals surface area contributed by atoms with E-state index in [2.05, 4.69) is 15.5 Å². The minimum absolute atomic E-state index is 0.0498. The van der Waals surface area contributed by atoms with Gasteiger partial charge in [0.2, 0.25) is 5.91 Å². The molecular formula is C22H23ClN4OS. The molecule has 1 aliphatic carbocycles. The summed E-state index contributed by atoms with van der Waals surface area (Å²) in [6.45, 7) is 1.91. The van der Waals surface area contributed by atoms with E-state index in [1.54, 1.807) is 0 Å². The summed E-state index contributed by atoms with van der Waals surface area (Å²) in [5, 5.41) is 13.1. The van der Waals surface area contributed by atoms with Crippen LogP contribution in [-0.4, -0.2) is 32.0 Å². The van der Waals surface area contributed by atoms with Gasteiger partial charge in [-0.3, -0.25) is 9.36 Å². The van der Waals surface area contributed by atoms with Gasteiger partial charge in [-0.25, -0.2) is 0 Å². The van der Waals surface area contributed by atoms with Crippen LogP contribution in [0.3, 0.4) is 0 Å². The van der Waals surface area contributed by atoms with E-state index in [9.17, 15) is 4.79 Å². The molecule has 0 radical (unpaired) electrons. The zero-order chi connectivity index (χ0) is 20.2. The second-order valence-electron chi connectivity index (χ2n) is 7.23. The van der Waals surface area contributed by atoms with Crippen molar-refractivity contribution in [1.82, 2.24) is 20.1 Å². The van der Waals surface area contributed by atoms with Gasteiger partial charge >= 0.3 is 0 Å². The Kier molecular flexibility index (Phi) is 6.21. The van der Waals surface area contributed by atoms with Crippen LogP contribution >= 0.6 is 23.4 Å². The summed E-state index contributed by atoms with van der Waals surface area (Å²) in [5.74, 6) is 0.785. The van der Waals surface area contributed by atoms with E-state index < -0.39 is 0 Å². The maximum Gasteiger partial charge on any atom is 0.233 e. The highest BCUT2D eigenvalue weighted by atomic mass is 35.5. The number of hydrogen-bond acceptors (Lipinski definition) is 4. The molecule has 7 heteroatoms. The van der Waals surface area contributed by atoms with Crippen molar-refractivity contribution in [2.45, 2.75) is 49.1 Å². The predicted molar refractivity (Wildman–Crippen MR) is 118 cm³/mol. The Bertz CT molecular complexity index is 968. The molecule has 3 aromatic rings. The van der Waals surface area contributed by atoms with Crippen molar-refractivity contribution in [3.63, 3.8) is 0 Å². The molecule has 4 rings (SSSR count). The highest BCUT2D eigenvalue weighted by Gasteiger charge is 2.24. The van der Waals surface area contributed by atoms with Crippen molar-refractivity contribution in [3.05, 3.63) is 59.6 Å². The van der Waals surface area contributed by atoms with E-state index in [0.717, 1.165) is 29.9 Å². The molecule has 1 saturated carbocycles. The average molecular weight is 427 g/mol. The van der Waals surface area contributed by atoms with E-state index in [0.29, 0.717) is 16.2 Å². The van der Waals surface area contributed by atoms with Gasteiger partial charge in [0.15, 0.2) is 11.0 Å². The first kappa shape index (κ1) is 20.0. The molecule has 0 aliphatic heterocycles.